The lowest BCUT2D eigenvalue weighted by Gasteiger charge is -2.45. The van der Waals surface area contributed by atoms with Gasteiger partial charge in [0, 0.05) is 12.8 Å². The molecule has 0 bridgehead atoms. The standard InChI is InChI=1S/C15H18O5/c1-8(16)20-12-6-11-10-5-3-2-4-9(10)7-19-15(11)14(18)13(12)17/h2-5,11-15,17-18H,6-7H2,1H3/t11-,12+,13-,14-,15-/m0/s1. The highest BCUT2D eigenvalue weighted by Crippen LogP contribution is 2.41. The van der Waals surface area contributed by atoms with Gasteiger partial charge < -0.3 is 19.7 Å². The van der Waals surface area contributed by atoms with Gasteiger partial charge in [0.25, 0.3) is 0 Å². The Kier molecular flexibility index (Phi) is 3.50. The summed E-state index contributed by atoms with van der Waals surface area (Å²) in [5, 5.41) is 20.3. The van der Waals surface area contributed by atoms with Crippen LogP contribution in [0, 0.1) is 0 Å². The molecule has 108 valence electrons. The van der Waals surface area contributed by atoms with E-state index in [-0.39, 0.29) is 5.92 Å². The molecule has 1 fully saturated rings. The lowest BCUT2D eigenvalue weighted by Crippen LogP contribution is -2.55. The molecular weight excluding hydrogens is 260 g/mol. The number of fused-ring (bicyclic) bond motifs is 3. The number of aliphatic hydroxyl groups is 2. The molecule has 20 heavy (non-hydrogen) atoms. The number of benzene rings is 1. The van der Waals surface area contributed by atoms with Crippen LogP contribution < -0.4 is 0 Å². The third-order valence-electron chi connectivity index (χ3n) is 4.15. The Morgan fingerprint density at radius 2 is 2.05 bits per heavy atom. The van der Waals surface area contributed by atoms with Gasteiger partial charge in [-0.2, -0.15) is 0 Å². The van der Waals surface area contributed by atoms with Gasteiger partial charge >= 0.3 is 5.97 Å². The first-order valence-corrected chi connectivity index (χ1v) is 6.80. The summed E-state index contributed by atoms with van der Waals surface area (Å²) in [6.07, 6.45) is -2.85. The van der Waals surface area contributed by atoms with E-state index in [2.05, 4.69) is 0 Å². The van der Waals surface area contributed by atoms with Crippen LogP contribution in [-0.4, -0.2) is 40.6 Å². The van der Waals surface area contributed by atoms with Crippen LogP contribution in [0.15, 0.2) is 24.3 Å². The number of carbonyl (C=O) groups excluding carboxylic acids is 1. The molecule has 0 saturated heterocycles. The van der Waals surface area contributed by atoms with Crippen molar-refractivity contribution in [2.45, 2.75) is 50.3 Å². The Balaban J connectivity index is 1.91. The molecule has 0 aromatic heterocycles. The van der Waals surface area contributed by atoms with Crippen molar-refractivity contribution in [1.82, 2.24) is 0 Å². The van der Waals surface area contributed by atoms with Crippen molar-refractivity contribution < 1.29 is 24.5 Å². The van der Waals surface area contributed by atoms with Crippen LogP contribution in [0.2, 0.25) is 0 Å². The number of hydrogen-bond acceptors (Lipinski definition) is 5. The summed E-state index contributed by atoms with van der Waals surface area (Å²) >= 11 is 0. The van der Waals surface area contributed by atoms with Gasteiger partial charge in [-0.3, -0.25) is 4.79 Å². The van der Waals surface area contributed by atoms with E-state index in [0.29, 0.717) is 13.0 Å². The fourth-order valence-corrected chi connectivity index (χ4v) is 3.24. The Bertz CT molecular complexity index is 515. The van der Waals surface area contributed by atoms with Crippen LogP contribution in [0.25, 0.3) is 0 Å². The van der Waals surface area contributed by atoms with E-state index in [1.165, 1.54) is 6.92 Å². The quantitative estimate of drug-likeness (QED) is 0.741. The van der Waals surface area contributed by atoms with E-state index < -0.39 is 30.4 Å². The molecule has 0 amide bonds. The summed E-state index contributed by atoms with van der Waals surface area (Å²) in [6.45, 7) is 1.73. The summed E-state index contributed by atoms with van der Waals surface area (Å²) in [5.41, 5.74) is 2.19. The summed E-state index contributed by atoms with van der Waals surface area (Å²) in [6, 6.07) is 7.88. The van der Waals surface area contributed by atoms with Crippen LogP contribution in [0.5, 0.6) is 0 Å². The zero-order valence-electron chi connectivity index (χ0n) is 11.2. The van der Waals surface area contributed by atoms with Gasteiger partial charge in [-0.15, -0.1) is 0 Å². The third kappa shape index (κ3) is 2.22. The summed E-state index contributed by atoms with van der Waals surface area (Å²) in [7, 11) is 0. The predicted octanol–water partition coefficient (Wildman–Crippen LogP) is 0.726. The molecule has 2 N–H and O–H groups in total. The minimum Gasteiger partial charge on any atom is -0.460 e. The maximum atomic E-state index is 11.1. The number of hydrogen-bond donors (Lipinski definition) is 2. The average Bonchev–Trinajstić information content (AvgIpc) is 2.43. The Morgan fingerprint density at radius 3 is 2.80 bits per heavy atom. The largest absolute Gasteiger partial charge is 0.460 e. The van der Waals surface area contributed by atoms with Gasteiger partial charge in [0.15, 0.2) is 0 Å². The molecule has 0 unspecified atom stereocenters. The molecule has 1 heterocycles. The maximum Gasteiger partial charge on any atom is 0.302 e. The van der Waals surface area contributed by atoms with Crippen LogP contribution >= 0.6 is 0 Å². The van der Waals surface area contributed by atoms with Crippen molar-refractivity contribution in [3.05, 3.63) is 35.4 Å². The maximum absolute atomic E-state index is 11.1. The zero-order chi connectivity index (χ0) is 14.3. The molecule has 5 heteroatoms. The topological polar surface area (TPSA) is 76.0 Å². The molecule has 0 spiro atoms. The molecule has 1 aromatic carbocycles. The van der Waals surface area contributed by atoms with Crippen molar-refractivity contribution in [2.75, 3.05) is 0 Å². The Labute approximate surface area is 117 Å². The van der Waals surface area contributed by atoms with Gasteiger partial charge in [-0.1, -0.05) is 24.3 Å². The first-order chi connectivity index (χ1) is 9.58. The molecule has 1 aromatic rings. The second kappa shape index (κ2) is 5.16. The molecule has 5 atom stereocenters. The highest BCUT2D eigenvalue weighted by atomic mass is 16.6. The lowest BCUT2D eigenvalue weighted by molar-refractivity contribution is -0.189. The monoisotopic (exact) mass is 278 g/mol. The molecule has 0 radical (unpaired) electrons. The van der Waals surface area contributed by atoms with Gasteiger partial charge in [0.1, 0.15) is 18.3 Å². The first-order valence-electron chi connectivity index (χ1n) is 6.80. The summed E-state index contributed by atoms with van der Waals surface area (Å²) in [5.74, 6) is -0.521. The average molecular weight is 278 g/mol. The van der Waals surface area contributed by atoms with Crippen LogP contribution in [-0.2, 0) is 20.9 Å². The van der Waals surface area contributed by atoms with Crippen molar-refractivity contribution in [3.63, 3.8) is 0 Å². The minimum absolute atomic E-state index is 0.0669. The zero-order valence-corrected chi connectivity index (χ0v) is 11.2. The van der Waals surface area contributed by atoms with Crippen molar-refractivity contribution in [2.24, 2.45) is 0 Å². The molecule has 5 nitrogen and oxygen atoms in total. The highest BCUT2D eigenvalue weighted by Gasteiger charge is 2.48. The summed E-state index contributed by atoms with van der Waals surface area (Å²) < 4.78 is 10.8. The van der Waals surface area contributed by atoms with Gasteiger partial charge in [-0.05, 0) is 17.5 Å². The van der Waals surface area contributed by atoms with Crippen molar-refractivity contribution in [3.8, 4) is 0 Å². The molecule has 3 rings (SSSR count). The fourth-order valence-electron chi connectivity index (χ4n) is 3.24. The SMILES string of the molecule is CC(=O)O[C@@H]1C[C@H]2c3ccccc3CO[C@@H]2[C@@H](O)[C@H]1O. The van der Waals surface area contributed by atoms with E-state index in [4.69, 9.17) is 9.47 Å². The number of carbonyl (C=O) groups is 1. The molecule has 1 aliphatic heterocycles. The third-order valence-corrected chi connectivity index (χ3v) is 4.15. The Hall–Kier alpha value is -1.43. The lowest BCUT2D eigenvalue weighted by atomic mass is 9.74. The second-order valence-corrected chi connectivity index (χ2v) is 5.45. The van der Waals surface area contributed by atoms with E-state index in [0.717, 1.165) is 11.1 Å². The van der Waals surface area contributed by atoms with Crippen LogP contribution in [0.3, 0.4) is 0 Å². The van der Waals surface area contributed by atoms with Crippen LogP contribution in [0.4, 0.5) is 0 Å². The molecule has 1 saturated carbocycles. The molecule has 2 aliphatic rings. The van der Waals surface area contributed by atoms with E-state index in [1.54, 1.807) is 0 Å². The van der Waals surface area contributed by atoms with Crippen molar-refractivity contribution >= 4 is 5.97 Å². The van der Waals surface area contributed by atoms with Gasteiger partial charge in [0.05, 0.1) is 12.7 Å². The second-order valence-electron chi connectivity index (χ2n) is 5.45. The van der Waals surface area contributed by atoms with E-state index in [9.17, 15) is 15.0 Å². The summed E-state index contributed by atoms with van der Waals surface area (Å²) in [4.78, 5) is 11.1. The highest BCUT2D eigenvalue weighted by molar-refractivity contribution is 5.66. The molecular formula is C15H18O5. The number of rotatable bonds is 1. The Morgan fingerprint density at radius 1 is 1.30 bits per heavy atom. The predicted molar refractivity (Wildman–Crippen MR) is 69.9 cm³/mol. The van der Waals surface area contributed by atoms with Crippen LogP contribution in [0.1, 0.15) is 30.4 Å². The normalized spacial score (nSPS) is 35.9. The van der Waals surface area contributed by atoms with Gasteiger partial charge in [-0.25, -0.2) is 0 Å². The molecule has 1 aliphatic carbocycles. The number of esters is 1. The smallest absolute Gasteiger partial charge is 0.302 e. The van der Waals surface area contributed by atoms with E-state index in [1.807, 2.05) is 24.3 Å². The first kappa shape index (κ1) is 13.5. The van der Waals surface area contributed by atoms with Gasteiger partial charge in [0.2, 0.25) is 0 Å². The fraction of sp³-hybridized carbons (Fsp3) is 0.533. The van der Waals surface area contributed by atoms with E-state index >= 15 is 0 Å². The minimum atomic E-state index is -1.11. The number of aliphatic hydroxyl groups excluding tert-OH is 2. The van der Waals surface area contributed by atoms with Crippen molar-refractivity contribution in [1.29, 1.82) is 0 Å². The number of ether oxygens (including phenoxy) is 2.